The summed E-state index contributed by atoms with van der Waals surface area (Å²) in [6.45, 7) is -2.71. The Morgan fingerprint density at radius 2 is 2.00 bits per heavy atom. The normalized spacial score (nSPS) is 20.7. The highest BCUT2D eigenvalue weighted by atomic mass is 19.3. The molecule has 7 heteroatoms. The van der Waals surface area contributed by atoms with Crippen LogP contribution < -0.4 is 19.5 Å². The van der Waals surface area contributed by atoms with Gasteiger partial charge < -0.3 is 19.5 Å². The number of amides is 1. The van der Waals surface area contributed by atoms with Crippen molar-refractivity contribution in [1.29, 1.82) is 0 Å². The number of benzene rings is 2. The van der Waals surface area contributed by atoms with Crippen LogP contribution in [0.5, 0.6) is 17.2 Å². The Hall–Kier alpha value is -2.83. The van der Waals surface area contributed by atoms with Gasteiger partial charge in [-0.1, -0.05) is 18.2 Å². The molecular weight excluding hydrogens is 356 g/mol. The van der Waals surface area contributed by atoms with Crippen LogP contribution in [-0.2, 0) is 11.2 Å². The first-order valence-electron chi connectivity index (χ1n) is 8.86. The number of nitrogens with one attached hydrogen (secondary N) is 1. The molecule has 27 heavy (non-hydrogen) atoms. The second-order valence-corrected chi connectivity index (χ2v) is 6.56. The Balaban J connectivity index is 1.45. The van der Waals surface area contributed by atoms with Gasteiger partial charge >= 0.3 is 6.61 Å². The number of hydrogen-bond acceptors (Lipinski definition) is 4. The number of halogens is 2. The number of carbonyl (C=O) groups is 1. The highest BCUT2D eigenvalue weighted by molar-refractivity contribution is 5.82. The van der Waals surface area contributed by atoms with Crippen molar-refractivity contribution in [3.63, 3.8) is 0 Å². The molecule has 2 atom stereocenters. The van der Waals surface area contributed by atoms with Crippen LogP contribution in [0, 0.1) is 0 Å². The van der Waals surface area contributed by atoms with Crippen LogP contribution in [-0.4, -0.2) is 25.2 Å². The Bertz CT molecular complexity index is 842. The zero-order valence-corrected chi connectivity index (χ0v) is 14.5. The summed E-state index contributed by atoms with van der Waals surface area (Å²) in [4.78, 5) is 12.7. The lowest BCUT2D eigenvalue weighted by Gasteiger charge is -2.30. The second-order valence-electron chi connectivity index (χ2n) is 6.56. The Morgan fingerprint density at radius 3 is 2.81 bits per heavy atom. The van der Waals surface area contributed by atoms with E-state index in [2.05, 4.69) is 10.1 Å². The minimum absolute atomic E-state index is 0.136. The van der Waals surface area contributed by atoms with Crippen LogP contribution in [0.15, 0.2) is 42.5 Å². The van der Waals surface area contributed by atoms with Gasteiger partial charge in [-0.15, -0.1) is 0 Å². The van der Waals surface area contributed by atoms with Crippen LogP contribution in [0.1, 0.15) is 30.0 Å². The third kappa shape index (κ3) is 3.82. The fraction of sp³-hybridized carbons (Fsp3) is 0.350. The highest BCUT2D eigenvalue weighted by Gasteiger charge is 2.30. The standard InChI is InChI=1S/C20H19F2NO4/c21-20(22)26-13-8-9-14-12(10-13)4-3-5-15(14)23-19(24)18-11-25-16-6-1-2-7-17(16)27-18/h1-2,6-10,15,18,20H,3-5,11H2,(H,23,24)/t15-,18+/m1/s1. The van der Waals surface area contributed by atoms with Crippen molar-refractivity contribution in [2.24, 2.45) is 0 Å². The van der Waals surface area contributed by atoms with Crippen LogP contribution >= 0.6 is 0 Å². The van der Waals surface area contributed by atoms with Gasteiger partial charge in [0.05, 0.1) is 6.04 Å². The van der Waals surface area contributed by atoms with E-state index in [1.54, 1.807) is 24.3 Å². The molecule has 1 amide bonds. The number of fused-ring (bicyclic) bond motifs is 2. The zero-order chi connectivity index (χ0) is 18.8. The molecule has 0 bridgehead atoms. The van der Waals surface area contributed by atoms with E-state index in [-0.39, 0.29) is 24.3 Å². The van der Waals surface area contributed by atoms with Crippen molar-refractivity contribution in [2.75, 3.05) is 6.61 Å². The Kier molecular flexibility index (Phi) is 4.83. The molecule has 1 aliphatic heterocycles. The minimum atomic E-state index is -2.85. The van der Waals surface area contributed by atoms with E-state index < -0.39 is 12.7 Å². The van der Waals surface area contributed by atoms with Gasteiger partial charge in [0.15, 0.2) is 11.5 Å². The maximum Gasteiger partial charge on any atom is 0.387 e. The van der Waals surface area contributed by atoms with E-state index in [1.165, 1.54) is 6.07 Å². The number of alkyl halides is 2. The molecule has 0 unspecified atom stereocenters. The van der Waals surface area contributed by atoms with E-state index in [0.29, 0.717) is 11.5 Å². The fourth-order valence-electron chi connectivity index (χ4n) is 3.53. The smallest absolute Gasteiger partial charge is 0.387 e. The van der Waals surface area contributed by atoms with Crippen molar-refractivity contribution < 1.29 is 27.8 Å². The summed E-state index contributed by atoms with van der Waals surface area (Å²) in [5.41, 5.74) is 1.84. The third-order valence-electron chi connectivity index (χ3n) is 4.77. The molecule has 2 aromatic carbocycles. The molecule has 2 aliphatic rings. The summed E-state index contributed by atoms with van der Waals surface area (Å²) >= 11 is 0. The predicted molar refractivity (Wildman–Crippen MR) is 93.2 cm³/mol. The summed E-state index contributed by atoms with van der Waals surface area (Å²) in [7, 11) is 0. The fourth-order valence-corrected chi connectivity index (χ4v) is 3.53. The first-order valence-corrected chi connectivity index (χ1v) is 8.86. The van der Waals surface area contributed by atoms with E-state index in [4.69, 9.17) is 9.47 Å². The van der Waals surface area contributed by atoms with Crippen LogP contribution in [0.2, 0.25) is 0 Å². The molecular formula is C20H19F2NO4. The molecule has 4 rings (SSSR count). The lowest BCUT2D eigenvalue weighted by Crippen LogP contribution is -2.45. The van der Waals surface area contributed by atoms with Crippen LogP contribution in [0.25, 0.3) is 0 Å². The largest absolute Gasteiger partial charge is 0.485 e. The average Bonchev–Trinajstić information content (AvgIpc) is 2.67. The molecule has 0 fully saturated rings. The first-order chi connectivity index (χ1) is 13.1. The summed E-state index contributed by atoms with van der Waals surface area (Å²) in [6.07, 6.45) is 1.66. The topological polar surface area (TPSA) is 56.8 Å². The monoisotopic (exact) mass is 375 g/mol. The van der Waals surface area contributed by atoms with Gasteiger partial charge in [-0.05, 0) is 54.7 Å². The van der Waals surface area contributed by atoms with Gasteiger partial charge in [0.2, 0.25) is 6.10 Å². The average molecular weight is 375 g/mol. The van der Waals surface area contributed by atoms with Gasteiger partial charge in [-0.2, -0.15) is 8.78 Å². The van der Waals surface area contributed by atoms with Crippen molar-refractivity contribution in [3.8, 4) is 17.2 Å². The number of hydrogen-bond donors (Lipinski definition) is 1. The van der Waals surface area contributed by atoms with Gasteiger partial charge in [0.1, 0.15) is 12.4 Å². The van der Waals surface area contributed by atoms with E-state index in [9.17, 15) is 13.6 Å². The lowest BCUT2D eigenvalue weighted by atomic mass is 9.87. The number of para-hydroxylation sites is 2. The van der Waals surface area contributed by atoms with Gasteiger partial charge in [0.25, 0.3) is 5.91 Å². The number of rotatable bonds is 4. The minimum Gasteiger partial charge on any atom is -0.485 e. The van der Waals surface area contributed by atoms with E-state index >= 15 is 0 Å². The number of aryl methyl sites for hydroxylation is 1. The highest BCUT2D eigenvalue weighted by Crippen LogP contribution is 2.34. The third-order valence-corrected chi connectivity index (χ3v) is 4.77. The molecule has 0 spiro atoms. The maximum atomic E-state index is 12.7. The quantitative estimate of drug-likeness (QED) is 0.887. The predicted octanol–water partition coefficient (Wildman–Crippen LogP) is 3.62. The SMILES string of the molecule is O=C(N[C@@H]1CCCc2cc(OC(F)F)ccc21)[C@@H]1COc2ccccc2O1. The molecule has 142 valence electrons. The molecule has 5 nitrogen and oxygen atoms in total. The van der Waals surface area contributed by atoms with Crippen molar-refractivity contribution >= 4 is 5.91 Å². The van der Waals surface area contributed by atoms with Gasteiger partial charge in [0, 0.05) is 0 Å². The van der Waals surface area contributed by atoms with Crippen molar-refractivity contribution in [3.05, 3.63) is 53.6 Å². The number of ether oxygens (including phenoxy) is 3. The van der Waals surface area contributed by atoms with Crippen molar-refractivity contribution in [1.82, 2.24) is 5.32 Å². The molecule has 0 radical (unpaired) electrons. The zero-order valence-electron chi connectivity index (χ0n) is 14.5. The van der Waals surface area contributed by atoms with Crippen LogP contribution in [0.4, 0.5) is 8.78 Å². The summed E-state index contributed by atoms with van der Waals surface area (Å²) < 4.78 is 40.6. The lowest BCUT2D eigenvalue weighted by molar-refractivity contribution is -0.131. The van der Waals surface area contributed by atoms with Gasteiger partial charge in [-0.25, -0.2) is 0 Å². The Labute approximate surface area is 155 Å². The number of carbonyl (C=O) groups excluding carboxylic acids is 1. The molecule has 0 saturated carbocycles. The van der Waals surface area contributed by atoms with Crippen LogP contribution in [0.3, 0.4) is 0 Å². The molecule has 1 aliphatic carbocycles. The maximum absolute atomic E-state index is 12.7. The summed E-state index contributed by atoms with van der Waals surface area (Å²) in [5.74, 6) is 1.05. The van der Waals surface area contributed by atoms with E-state index in [1.807, 2.05) is 12.1 Å². The van der Waals surface area contributed by atoms with E-state index in [0.717, 1.165) is 30.4 Å². The molecule has 1 N–H and O–H groups in total. The summed E-state index contributed by atoms with van der Waals surface area (Å²) in [5, 5.41) is 3.00. The second kappa shape index (κ2) is 7.42. The molecule has 0 aromatic heterocycles. The first kappa shape index (κ1) is 17.6. The molecule has 2 aromatic rings. The molecule has 0 saturated heterocycles. The molecule has 1 heterocycles. The summed E-state index contributed by atoms with van der Waals surface area (Å²) in [6, 6.07) is 11.9. The van der Waals surface area contributed by atoms with Gasteiger partial charge in [-0.3, -0.25) is 4.79 Å². The van der Waals surface area contributed by atoms with Crippen molar-refractivity contribution in [2.45, 2.75) is 38.0 Å². The Morgan fingerprint density at radius 1 is 1.19 bits per heavy atom.